The molecule has 168 valence electrons. The summed E-state index contributed by atoms with van der Waals surface area (Å²) in [6, 6.07) is 2.58. The number of aliphatic hydroxyl groups excluding tert-OH is 2. The fraction of sp³-hybridized carbons (Fsp3) is 0.381. The monoisotopic (exact) mass is 435 g/mol. The number of aromatic hydroxyl groups is 1. The molecule has 0 amide bonds. The van der Waals surface area contributed by atoms with Gasteiger partial charge in [-0.1, -0.05) is 25.2 Å². The van der Waals surface area contributed by atoms with E-state index in [9.17, 15) is 29.7 Å². The Hall–Kier alpha value is -3.21. The van der Waals surface area contributed by atoms with Gasteiger partial charge < -0.3 is 25.2 Å². The van der Waals surface area contributed by atoms with Crippen molar-refractivity contribution in [3.8, 4) is 5.75 Å². The van der Waals surface area contributed by atoms with Crippen LogP contribution in [0.5, 0.6) is 5.75 Å². The minimum atomic E-state index is -1.63. The van der Waals surface area contributed by atoms with Crippen LogP contribution in [0.15, 0.2) is 30.4 Å². The van der Waals surface area contributed by atoms with Gasteiger partial charge >= 0.3 is 11.9 Å². The van der Waals surface area contributed by atoms with Crippen LogP contribution < -0.4 is 5.48 Å². The molecule has 4 atom stereocenters. The van der Waals surface area contributed by atoms with Gasteiger partial charge in [-0.3, -0.25) is 15.1 Å². The molecule has 1 aromatic rings. The van der Waals surface area contributed by atoms with E-state index in [4.69, 9.17) is 14.7 Å². The summed E-state index contributed by atoms with van der Waals surface area (Å²) in [7, 11) is 0. The highest BCUT2D eigenvalue weighted by atomic mass is 16.7. The Kier molecular flexibility index (Phi) is 8.31. The van der Waals surface area contributed by atoms with Crippen LogP contribution in [0.1, 0.15) is 36.2 Å². The standard InChI is InChI=1S/C21H25NO9/c1-11-6-7-16(24)20(28)15(23)5-3-4-13-8-14(22-30-10-18(26)27)9-17(25)19(13)21(29)31-12(11)2/h3-4,6-9,11-12,15,20,22-23,25,28H,5,10H2,1-2H3,(H,26,27)/b4-3+,7-6+/t11-,12+,15+,20-/m1/s1. The third-order valence-corrected chi connectivity index (χ3v) is 4.67. The number of benzene rings is 1. The smallest absolute Gasteiger partial charge is 0.342 e. The Morgan fingerprint density at radius 2 is 1.94 bits per heavy atom. The van der Waals surface area contributed by atoms with E-state index in [0.717, 1.165) is 6.08 Å². The summed E-state index contributed by atoms with van der Waals surface area (Å²) >= 11 is 0. The summed E-state index contributed by atoms with van der Waals surface area (Å²) < 4.78 is 5.41. The number of phenols is 1. The van der Waals surface area contributed by atoms with Crippen LogP contribution in [0.4, 0.5) is 5.69 Å². The SMILES string of the molecule is C[C@@H]1/C=C/C(=O)[C@H](O)[C@@H](O)C/C=C/c2cc(NOCC(=O)O)cc(O)c2C(=O)O[C@H]1C. The number of ether oxygens (including phenoxy) is 1. The van der Waals surface area contributed by atoms with Crippen LogP contribution in [-0.4, -0.2) is 63.1 Å². The maximum Gasteiger partial charge on any atom is 0.342 e. The Morgan fingerprint density at radius 1 is 1.23 bits per heavy atom. The van der Waals surface area contributed by atoms with Crippen LogP contribution >= 0.6 is 0 Å². The van der Waals surface area contributed by atoms with E-state index in [2.05, 4.69) is 5.48 Å². The Morgan fingerprint density at radius 3 is 2.61 bits per heavy atom. The highest BCUT2D eigenvalue weighted by Crippen LogP contribution is 2.30. The van der Waals surface area contributed by atoms with Gasteiger partial charge in [0.25, 0.3) is 0 Å². The molecule has 1 aliphatic rings. The molecule has 10 heteroatoms. The maximum atomic E-state index is 12.7. The van der Waals surface area contributed by atoms with Crippen molar-refractivity contribution in [2.45, 2.75) is 38.6 Å². The second-order valence-electron chi connectivity index (χ2n) is 7.13. The number of carboxylic acid groups (broad SMARTS) is 1. The van der Waals surface area contributed by atoms with Gasteiger partial charge in [0.2, 0.25) is 0 Å². The molecule has 10 nitrogen and oxygen atoms in total. The Bertz CT molecular complexity index is 893. The zero-order valence-corrected chi connectivity index (χ0v) is 17.0. The summed E-state index contributed by atoms with van der Waals surface area (Å²) in [6.07, 6.45) is 1.62. The zero-order chi connectivity index (χ0) is 23.1. The lowest BCUT2D eigenvalue weighted by atomic mass is 9.99. The van der Waals surface area contributed by atoms with E-state index in [0.29, 0.717) is 0 Å². The van der Waals surface area contributed by atoms with E-state index in [1.807, 2.05) is 0 Å². The van der Waals surface area contributed by atoms with Gasteiger partial charge in [-0.15, -0.1) is 0 Å². The molecule has 1 aromatic carbocycles. The Labute approximate surface area is 178 Å². The van der Waals surface area contributed by atoms with Crippen molar-refractivity contribution < 1.29 is 44.4 Å². The van der Waals surface area contributed by atoms with Crippen molar-refractivity contribution in [3.63, 3.8) is 0 Å². The number of phenolic OH excluding ortho intramolecular Hbond substituents is 1. The van der Waals surface area contributed by atoms with Gasteiger partial charge in [0.1, 0.15) is 23.5 Å². The number of nitrogens with one attached hydrogen (secondary N) is 1. The number of carbonyl (C=O) groups is 3. The quantitative estimate of drug-likeness (QED) is 0.344. The van der Waals surface area contributed by atoms with Crippen molar-refractivity contribution in [2.24, 2.45) is 5.92 Å². The van der Waals surface area contributed by atoms with E-state index >= 15 is 0 Å². The molecule has 0 fully saturated rings. The molecule has 0 aromatic heterocycles. The molecular formula is C21H25NO9. The van der Waals surface area contributed by atoms with E-state index in [1.54, 1.807) is 13.8 Å². The summed E-state index contributed by atoms with van der Waals surface area (Å²) in [4.78, 5) is 40.1. The first-order valence-electron chi connectivity index (χ1n) is 9.52. The second-order valence-corrected chi connectivity index (χ2v) is 7.13. The highest BCUT2D eigenvalue weighted by molar-refractivity contribution is 5.97. The van der Waals surface area contributed by atoms with Gasteiger partial charge in [-0.2, -0.15) is 0 Å². The number of ketones is 1. The number of hydrogen-bond acceptors (Lipinski definition) is 9. The third kappa shape index (κ3) is 6.64. The van der Waals surface area contributed by atoms with Gasteiger partial charge in [-0.25, -0.2) is 9.59 Å². The first-order valence-corrected chi connectivity index (χ1v) is 9.52. The number of rotatable bonds is 4. The van der Waals surface area contributed by atoms with E-state index in [-0.39, 0.29) is 23.2 Å². The number of hydrogen-bond donors (Lipinski definition) is 5. The fourth-order valence-corrected chi connectivity index (χ4v) is 2.73. The molecule has 0 spiro atoms. The molecule has 1 heterocycles. The first kappa shape index (κ1) is 24.1. The van der Waals surface area contributed by atoms with Gasteiger partial charge in [0, 0.05) is 12.0 Å². The number of cyclic esters (lactones) is 1. The second kappa shape index (κ2) is 10.7. The predicted molar refractivity (Wildman–Crippen MR) is 109 cm³/mol. The van der Waals surface area contributed by atoms with Gasteiger partial charge in [0.05, 0.1) is 11.8 Å². The predicted octanol–water partition coefficient (Wildman–Crippen LogP) is 1.27. The topological polar surface area (TPSA) is 163 Å². The number of esters is 1. The average Bonchev–Trinajstić information content (AvgIpc) is 2.69. The van der Waals surface area contributed by atoms with Crippen LogP contribution in [0.3, 0.4) is 0 Å². The van der Waals surface area contributed by atoms with Crippen molar-refractivity contribution in [1.29, 1.82) is 0 Å². The molecule has 5 N–H and O–H groups in total. The molecule has 0 bridgehead atoms. The number of fused-ring (bicyclic) bond motifs is 1. The van der Waals surface area contributed by atoms with E-state index in [1.165, 1.54) is 30.4 Å². The number of aliphatic hydroxyl groups is 2. The minimum absolute atomic E-state index is 0.116. The van der Waals surface area contributed by atoms with Crippen molar-refractivity contribution in [3.05, 3.63) is 41.5 Å². The lowest BCUT2D eigenvalue weighted by molar-refractivity contribution is -0.141. The molecule has 1 aliphatic heterocycles. The zero-order valence-electron chi connectivity index (χ0n) is 17.0. The molecule has 0 saturated heterocycles. The number of carbonyl (C=O) groups excluding carboxylic acids is 2. The largest absolute Gasteiger partial charge is 0.507 e. The first-order chi connectivity index (χ1) is 14.6. The molecular weight excluding hydrogens is 410 g/mol. The van der Waals surface area contributed by atoms with Crippen molar-refractivity contribution in [2.75, 3.05) is 12.1 Å². The van der Waals surface area contributed by atoms with Crippen molar-refractivity contribution >= 4 is 29.5 Å². The molecule has 0 saturated carbocycles. The third-order valence-electron chi connectivity index (χ3n) is 4.67. The van der Waals surface area contributed by atoms with Gasteiger partial charge in [-0.05, 0) is 31.1 Å². The number of anilines is 1. The molecule has 0 unspecified atom stereocenters. The fourth-order valence-electron chi connectivity index (χ4n) is 2.73. The van der Waals surface area contributed by atoms with Crippen LogP contribution in [0, 0.1) is 5.92 Å². The molecule has 2 rings (SSSR count). The Balaban J connectivity index is 2.43. The van der Waals surface area contributed by atoms with Crippen LogP contribution in [-0.2, 0) is 19.2 Å². The minimum Gasteiger partial charge on any atom is -0.507 e. The van der Waals surface area contributed by atoms with E-state index < -0.39 is 54.3 Å². The summed E-state index contributed by atoms with van der Waals surface area (Å²) in [5, 5.41) is 39.1. The van der Waals surface area contributed by atoms with Gasteiger partial charge in [0.15, 0.2) is 12.4 Å². The lowest BCUT2D eigenvalue weighted by Gasteiger charge is -2.20. The summed E-state index contributed by atoms with van der Waals surface area (Å²) in [6.45, 7) is 2.66. The molecule has 0 radical (unpaired) electrons. The normalized spacial score (nSPS) is 26.8. The summed E-state index contributed by atoms with van der Waals surface area (Å²) in [5.41, 5.74) is 2.56. The van der Waals surface area contributed by atoms with Crippen LogP contribution in [0.2, 0.25) is 0 Å². The number of carboxylic acids is 1. The molecule has 0 aliphatic carbocycles. The average molecular weight is 435 g/mol. The summed E-state index contributed by atoms with van der Waals surface area (Å²) in [5.74, 6) is -3.54. The van der Waals surface area contributed by atoms with Crippen molar-refractivity contribution in [1.82, 2.24) is 0 Å². The van der Waals surface area contributed by atoms with Crippen LogP contribution in [0.25, 0.3) is 6.08 Å². The maximum absolute atomic E-state index is 12.7. The lowest BCUT2D eigenvalue weighted by Crippen LogP contribution is -2.32. The molecule has 31 heavy (non-hydrogen) atoms. The number of aliphatic carboxylic acids is 1. The highest BCUT2D eigenvalue weighted by Gasteiger charge is 2.25.